The number of nitrogens with one attached hydrogen (secondary N) is 1. The third-order valence-electron chi connectivity index (χ3n) is 2.53. The van der Waals surface area contributed by atoms with Gasteiger partial charge in [0.2, 0.25) is 5.91 Å². The molecule has 0 unspecified atom stereocenters. The number of carbonyl (C=O) groups is 1. The Labute approximate surface area is 134 Å². The highest BCUT2D eigenvalue weighted by Gasteiger charge is 2.08. The van der Waals surface area contributed by atoms with E-state index in [0.29, 0.717) is 6.42 Å². The van der Waals surface area contributed by atoms with Crippen LogP contribution in [0.15, 0.2) is 33.6 Å². The van der Waals surface area contributed by atoms with E-state index < -0.39 is 0 Å². The molecule has 0 aliphatic heterocycles. The first-order valence-corrected chi connectivity index (χ1v) is 7.69. The number of nitrogens with zero attached hydrogens (tertiary/aromatic N) is 1. The molecule has 0 aromatic heterocycles. The zero-order valence-electron chi connectivity index (χ0n) is 11.2. The molecule has 1 N–H and O–H groups in total. The molecule has 0 spiro atoms. The summed E-state index contributed by atoms with van der Waals surface area (Å²) < 4.78 is 1.09. The second-order valence-corrected chi connectivity index (χ2v) is 5.94. The number of thioether (sulfide) groups is 1. The molecule has 6 heteroatoms. The summed E-state index contributed by atoms with van der Waals surface area (Å²) in [6.07, 6.45) is 0.576. The van der Waals surface area contributed by atoms with Crippen LogP contribution >= 0.6 is 40.1 Å². The predicted molar refractivity (Wildman–Crippen MR) is 88.3 cm³/mol. The second kappa shape index (κ2) is 10.5. The van der Waals surface area contributed by atoms with E-state index in [1.807, 2.05) is 32.3 Å². The van der Waals surface area contributed by atoms with Crippen LogP contribution in [0.25, 0.3) is 0 Å². The highest BCUT2D eigenvalue weighted by molar-refractivity contribution is 9.10. The van der Waals surface area contributed by atoms with Crippen LogP contribution in [-0.2, 0) is 4.79 Å². The van der Waals surface area contributed by atoms with Crippen molar-refractivity contribution >= 4 is 46.0 Å². The molecule has 0 fully saturated rings. The van der Waals surface area contributed by atoms with Crippen molar-refractivity contribution < 1.29 is 4.79 Å². The molecule has 1 rings (SSSR count). The fraction of sp³-hybridized carbons (Fsp3) is 0.462. The van der Waals surface area contributed by atoms with E-state index >= 15 is 0 Å². The molecular weight excluding hydrogens is 348 g/mol. The molecule has 0 aliphatic rings. The van der Waals surface area contributed by atoms with Crippen LogP contribution in [0.4, 0.5) is 0 Å². The van der Waals surface area contributed by atoms with E-state index in [2.05, 4.69) is 27.3 Å². The minimum absolute atomic E-state index is 0. The molecule has 0 bridgehead atoms. The fourth-order valence-corrected chi connectivity index (χ4v) is 2.91. The Hall–Kier alpha value is -0.230. The highest BCUT2D eigenvalue weighted by atomic mass is 79.9. The smallest absolute Gasteiger partial charge is 0.223 e. The molecule has 0 heterocycles. The van der Waals surface area contributed by atoms with E-state index in [9.17, 15) is 4.79 Å². The summed E-state index contributed by atoms with van der Waals surface area (Å²) in [7, 11) is 3.74. The third-order valence-corrected chi connectivity index (χ3v) is 4.56. The van der Waals surface area contributed by atoms with Gasteiger partial charge in [-0.25, -0.2) is 0 Å². The summed E-state index contributed by atoms with van der Waals surface area (Å²) in [5.74, 6) is 1.01. The lowest BCUT2D eigenvalue weighted by molar-refractivity contribution is -0.129. The standard InChI is InChI=1S/C13H19BrN2OS.ClH/c1-15-8-9-16(2)13(17)7-10-18-12-6-4-3-5-11(12)14;/h3-6,15H,7-10H2,1-2H3;1H. The van der Waals surface area contributed by atoms with Gasteiger partial charge < -0.3 is 10.2 Å². The van der Waals surface area contributed by atoms with Gasteiger partial charge in [-0.1, -0.05) is 12.1 Å². The number of rotatable bonds is 7. The quantitative estimate of drug-likeness (QED) is 0.752. The van der Waals surface area contributed by atoms with Gasteiger partial charge in [0.25, 0.3) is 0 Å². The highest BCUT2D eigenvalue weighted by Crippen LogP contribution is 2.27. The van der Waals surface area contributed by atoms with Crippen LogP contribution in [0, 0.1) is 0 Å². The Balaban J connectivity index is 0.00000324. The Morgan fingerprint density at radius 1 is 1.42 bits per heavy atom. The van der Waals surface area contributed by atoms with Crippen LogP contribution in [0.2, 0.25) is 0 Å². The minimum Gasteiger partial charge on any atom is -0.344 e. The van der Waals surface area contributed by atoms with Gasteiger partial charge in [-0.05, 0) is 35.1 Å². The molecule has 0 radical (unpaired) electrons. The van der Waals surface area contributed by atoms with Crippen LogP contribution in [0.3, 0.4) is 0 Å². The number of halogens is 2. The van der Waals surface area contributed by atoms with Gasteiger partial charge in [-0.3, -0.25) is 4.79 Å². The van der Waals surface area contributed by atoms with Crippen LogP contribution in [-0.4, -0.2) is 43.7 Å². The lowest BCUT2D eigenvalue weighted by atomic mass is 10.4. The molecule has 1 aromatic rings. The van der Waals surface area contributed by atoms with Gasteiger partial charge in [0, 0.05) is 41.7 Å². The van der Waals surface area contributed by atoms with E-state index in [-0.39, 0.29) is 18.3 Å². The minimum atomic E-state index is 0. The monoisotopic (exact) mass is 366 g/mol. The molecule has 108 valence electrons. The number of likely N-dealkylation sites (N-methyl/N-ethyl adjacent to an activating group) is 2. The Morgan fingerprint density at radius 3 is 2.74 bits per heavy atom. The van der Waals surface area contributed by atoms with Gasteiger partial charge in [0.1, 0.15) is 0 Å². The average molecular weight is 368 g/mol. The molecule has 0 saturated carbocycles. The first-order chi connectivity index (χ1) is 8.65. The van der Waals surface area contributed by atoms with Crippen molar-refractivity contribution in [3.8, 4) is 0 Å². The maximum Gasteiger partial charge on any atom is 0.223 e. The maximum absolute atomic E-state index is 11.8. The van der Waals surface area contributed by atoms with Gasteiger partial charge in [-0.15, -0.1) is 24.2 Å². The summed E-state index contributed by atoms with van der Waals surface area (Å²) in [6, 6.07) is 8.08. The van der Waals surface area contributed by atoms with Crippen LogP contribution in [0.1, 0.15) is 6.42 Å². The topological polar surface area (TPSA) is 32.3 Å². The first-order valence-electron chi connectivity index (χ1n) is 5.91. The first kappa shape index (κ1) is 18.8. The largest absolute Gasteiger partial charge is 0.344 e. The zero-order chi connectivity index (χ0) is 13.4. The maximum atomic E-state index is 11.8. The molecule has 1 aromatic carbocycles. The third kappa shape index (κ3) is 7.20. The lowest BCUT2D eigenvalue weighted by Crippen LogP contribution is -2.32. The van der Waals surface area contributed by atoms with Crippen molar-refractivity contribution in [3.63, 3.8) is 0 Å². The van der Waals surface area contributed by atoms with Gasteiger partial charge in [-0.2, -0.15) is 0 Å². The lowest BCUT2D eigenvalue weighted by Gasteiger charge is -2.16. The number of carbonyl (C=O) groups excluding carboxylic acids is 1. The van der Waals surface area contributed by atoms with E-state index in [1.165, 1.54) is 4.90 Å². The molecule has 3 nitrogen and oxygen atoms in total. The molecule has 0 atom stereocenters. The predicted octanol–water partition coefficient (Wildman–Crippen LogP) is 3.03. The molecule has 1 amide bonds. The summed E-state index contributed by atoms with van der Waals surface area (Å²) in [5, 5.41) is 3.04. The van der Waals surface area contributed by atoms with Crippen LogP contribution in [0.5, 0.6) is 0 Å². The zero-order valence-corrected chi connectivity index (χ0v) is 14.4. The number of benzene rings is 1. The van der Waals surface area contributed by atoms with E-state index in [1.54, 1.807) is 16.7 Å². The normalized spacial score (nSPS) is 9.84. The summed E-state index contributed by atoms with van der Waals surface area (Å²) in [5.41, 5.74) is 0. The number of hydrogen-bond acceptors (Lipinski definition) is 3. The Kier molecular flexibility index (Phi) is 10.4. The molecule has 0 aliphatic carbocycles. The van der Waals surface area contributed by atoms with Gasteiger partial charge in [0.15, 0.2) is 0 Å². The van der Waals surface area contributed by atoms with Crippen molar-refractivity contribution in [2.45, 2.75) is 11.3 Å². The van der Waals surface area contributed by atoms with Gasteiger partial charge in [0.05, 0.1) is 0 Å². The summed E-state index contributed by atoms with van der Waals surface area (Å²) >= 11 is 5.21. The van der Waals surface area contributed by atoms with Crippen molar-refractivity contribution in [2.75, 3.05) is 32.9 Å². The van der Waals surface area contributed by atoms with Crippen molar-refractivity contribution in [1.82, 2.24) is 10.2 Å². The SMILES string of the molecule is CNCCN(C)C(=O)CCSc1ccccc1Br.Cl. The number of hydrogen-bond donors (Lipinski definition) is 1. The molecule has 0 saturated heterocycles. The van der Waals surface area contributed by atoms with E-state index in [0.717, 1.165) is 23.3 Å². The van der Waals surface area contributed by atoms with Crippen molar-refractivity contribution in [3.05, 3.63) is 28.7 Å². The van der Waals surface area contributed by atoms with Crippen molar-refractivity contribution in [2.24, 2.45) is 0 Å². The van der Waals surface area contributed by atoms with Crippen molar-refractivity contribution in [1.29, 1.82) is 0 Å². The van der Waals surface area contributed by atoms with Gasteiger partial charge >= 0.3 is 0 Å². The Morgan fingerprint density at radius 2 is 2.11 bits per heavy atom. The second-order valence-electron chi connectivity index (χ2n) is 3.95. The molecule has 19 heavy (non-hydrogen) atoms. The van der Waals surface area contributed by atoms with Crippen LogP contribution < -0.4 is 5.32 Å². The number of amides is 1. The fourth-order valence-electron chi connectivity index (χ4n) is 1.41. The summed E-state index contributed by atoms with van der Waals surface area (Å²) in [6.45, 7) is 1.59. The van der Waals surface area contributed by atoms with E-state index in [4.69, 9.17) is 0 Å². The summed E-state index contributed by atoms with van der Waals surface area (Å²) in [4.78, 5) is 14.8. The molecular formula is C13H20BrClN2OS. The average Bonchev–Trinajstić information content (AvgIpc) is 2.38. The Bertz CT molecular complexity index is 393.